The highest BCUT2D eigenvalue weighted by Gasteiger charge is 2.20. The van der Waals surface area contributed by atoms with Crippen molar-refractivity contribution in [3.8, 4) is 0 Å². The zero-order valence-electron chi connectivity index (χ0n) is 13.1. The number of amides is 1. The molecule has 2 rings (SSSR count). The smallest absolute Gasteiger partial charge is 0.251 e. The second-order valence-corrected chi connectivity index (χ2v) is 7.91. The number of anilines is 1. The van der Waals surface area contributed by atoms with Crippen LogP contribution in [0.3, 0.4) is 0 Å². The van der Waals surface area contributed by atoms with Crippen molar-refractivity contribution >= 4 is 23.5 Å². The summed E-state index contributed by atoms with van der Waals surface area (Å²) in [7, 11) is 0. The lowest BCUT2D eigenvalue weighted by atomic mass is 9.90. The van der Waals surface area contributed by atoms with Crippen LogP contribution in [0.5, 0.6) is 0 Å². The molecule has 1 fully saturated rings. The van der Waals surface area contributed by atoms with Crippen LogP contribution >= 0.6 is 11.8 Å². The number of nitrogens with zero attached hydrogens (tertiary/aromatic N) is 1. The van der Waals surface area contributed by atoms with Crippen LogP contribution in [0.25, 0.3) is 0 Å². The van der Waals surface area contributed by atoms with Crippen LogP contribution in [0.1, 0.15) is 49.7 Å². The van der Waals surface area contributed by atoms with Gasteiger partial charge in [-0.2, -0.15) is 11.8 Å². The zero-order chi connectivity index (χ0) is 15.5. The molecule has 1 aliphatic heterocycles. The number of thioether (sulfide) groups is 1. The fourth-order valence-electron chi connectivity index (χ4n) is 2.36. The minimum Gasteiger partial charge on any atom is -0.384 e. The summed E-state index contributed by atoms with van der Waals surface area (Å²) < 4.78 is 0. The molecule has 0 saturated carbocycles. The lowest BCUT2D eigenvalue weighted by Gasteiger charge is -2.22. The van der Waals surface area contributed by atoms with E-state index in [2.05, 4.69) is 31.1 Å². The van der Waals surface area contributed by atoms with Gasteiger partial charge in [0, 0.05) is 23.2 Å². The molecule has 0 aliphatic carbocycles. The van der Waals surface area contributed by atoms with E-state index in [-0.39, 0.29) is 11.3 Å². The summed E-state index contributed by atoms with van der Waals surface area (Å²) in [6.45, 7) is 6.95. The lowest BCUT2D eigenvalue weighted by molar-refractivity contribution is 0.0946. The van der Waals surface area contributed by atoms with Crippen LogP contribution in [-0.4, -0.2) is 28.9 Å². The third-order valence-electron chi connectivity index (χ3n) is 3.77. The molecule has 0 bridgehead atoms. The molecule has 5 heteroatoms. The fraction of sp³-hybridized carbons (Fsp3) is 0.625. The summed E-state index contributed by atoms with van der Waals surface area (Å²) in [4.78, 5) is 16.7. The van der Waals surface area contributed by atoms with Gasteiger partial charge in [0.15, 0.2) is 0 Å². The lowest BCUT2D eigenvalue weighted by Crippen LogP contribution is -2.31. The van der Waals surface area contributed by atoms with Gasteiger partial charge in [0.25, 0.3) is 5.91 Å². The first-order valence-electron chi connectivity index (χ1n) is 7.50. The van der Waals surface area contributed by atoms with Crippen LogP contribution < -0.4 is 11.1 Å². The fourth-order valence-corrected chi connectivity index (χ4v) is 3.56. The summed E-state index contributed by atoms with van der Waals surface area (Å²) >= 11 is 2.00. The highest BCUT2D eigenvalue weighted by atomic mass is 32.2. The number of rotatable bonds is 3. The number of nitrogen functional groups attached to an aromatic ring is 1. The van der Waals surface area contributed by atoms with E-state index in [9.17, 15) is 4.79 Å². The molecule has 1 aromatic heterocycles. The minimum atomic E-state index is -0.120. The first-order valence-corrected chi connectivity index (χ1v) is 8.66. The number of pyridine rings is 1. The van der Waals surface area contributed by atoms with Crippen LogP contribution in [0.4, 0.5) is 5.82 Å². The van der Waals surface area contributed by atoms with Crippen molar-refractivity contribution in [2.75, 3.05) is 23.8 Å². The molecular weight excluding hydrogens is 282 g/mol. The third-order valence-corrected chi connectivity index (χ3v) is 4.82. The molecule has 3 N–H and O–H groups in total. The van der Waals surface area contributed by atoms with Crippen molar-refractivity contribution in [3.63, 3.8) is 0 Å². The number of aromatic nitrogens is 1. The van der Waals surface area contributed by atoms with Crippen molar-refractivity contribution in [1.82, 2.24) is 10.3 Å². The van der Waals surface area contributed by atoms with Crippen LogP contribution in [0.15, 0.2) is 12.1 Å². The van der Waals surface area contributed by atoms with Gasteiger partial charge in [0.1, 0.15) is 5.82 Å². The largest absolute Gasteiger partial charge is 0.384 e. The molecule has 4 nitrogen and oxygen atoms in total. The van der Waals surface area contributed by atoms with Crippen LogP contribution in [0, 0.1) is 5.92 Å². The molecule has 0 aromatic carbocycles. The van der Waals surface area contributed by atoms with Gasteiger partial charge < -0.3 is 11.1 Å². The quantitative estimate of drug-likeness (QED) is 0.901. The normalized spacial score (nSPS) is 16.7. The molecular formula is C16H25N3OS. The summed E-state index contributed by atoms with van der Waals surface area (Å²) in [6, 6.07) is 3.50. The van der Waals surface area contributed by atoms with Crippen LogP contribution in [-0.2, 0) is 5.41 Å². The number of hydrogen-bond acceptors (Lipinski definition) is 4. The van der Waals surface area contributed by atoms with Crippen molar-refractivity contribution in [3.05, 3.63) is 23.4 Å². The van der Waals surface area contributed by atoms with E-state index in [0.717, 1.165) is 12.2 Å². The highest BCUT2D eigenvalue weighted by Crippen LogP contribution is 2.23. The van der Waals surface area contributed by atoms with E-state index < -0.39 is 0 Å². The predicted octanol–water partition coefficient (Wildman–Crippen LogP) is 2.83. The Morgan fingerprint density at radius 2 is 2.05 bits per heavy atom. The first kappa shape index (κ1) is 16.1. The van der Waals surface area contributed by atoms with E-state index in [0.29, 0.717) is 17.3 Å². The highest BCUT2D eigenvalue weighted by molar-refractivity contribution is 7.99. The molecule has 2 heterocycles. The summed E-state index contributed by atoms with van der Waals surface area (Å²) in [6.07, 6.45) is 2.38. The van der Waals surface area contributed by atoms with Gasteiger partial charge >= 0.3 is 0 Å². The molecule has 1 saturated heterocycles. The number of nitrogens with one attached hydrogen (secondary N) is 1. The van der Waals surface area contributed by atoms with E-state index in [4.69, 9.17) is 5.73 Å². The maximum Gasteiger partial charge on any atom is 0.251 e. The van der Waals surface area contributed by atoms with Gasteiger partial charge in [-0.25, -0.2) is 4.98 Å². The monoisotopic (exact) mass is 307 g/mol. The van der Waals surface area contributed by atoms with Gasteiger partial charge in [-0.05, 0) is 42.4 Å². The van der Waals surface area contributed by atoms with E-state index in [1.54, 1.807) is 6.07 Å². The molecule has 0 unspecified atom stereocenters. The molecule has 21 heavy (non-hydrogen) atoms. The maximum atomic E-state index is 12.3. The average Bonchev–Trinajstić information content (AvgIpc) is 2.44. The summed E-state index contributed by atoms with van der Waals surface area (Å²) in [5.41, 5.74) is 7.18. The minimum absolute atomic E-state index is 0.0483. The number of carbonyl (C=O) groups is 1. The van der Waals surface area contributed by atoms with Gasteiger partial charge in [-0.15, -0.1) is 0 Å². The second-order valence-electron chi connectivity index (χ2n) is 6.68. The van der Waals surface area contributed by atoms with E-state index in [1.807, 2.05) is 17.8 Å². The first-order chi connectivity index (χ1) is 9.86. The number of hydrogen-bond donors (Lipinski definition) is 2. The Morgan fingerprint density at radius 3 is 2.67 bits per heavy atom. The van der Waals surface area contributed by atoms with E-state index in [1.165, 1.54) is 24.3 Å². The van der Waals surface area contributed by atoms with Crippen LogP contribution in [0.2, 0.25) is 0 Å². The Labute approximate surface area is 131 Å². The topological polar surface area (TPSA) is 68.0 Å². The Bertz CT molecular complexity index is 505. The maximum absolute atomic E-state index is 12.3. The average molecular weight is 307 g/mol. The van der Waals surface area contributed by atoms with Gasteiger partial charge in [-0.1, -0.05) is 20.8 Å². The predicted molar refractivity (Wildman–Crippen MR) is 89.7 cm³/mol. The SMILES string of the molecule is CC(C)(C)c1cc(C(=O)NCC2CCSCC2)cc(N)n1. The molecule has 0 radical (unpaired) electrons. The Kier molecular flexibility index (Phi) is 5.14. The third kappa shape index (κ3) is 4.63. The number of carbonyl (C=O) groups excluding carboxylic acids is 1. The summed E-state index contributed by atoms with van der Waals surface area (Å²) in [5.74, 6) is 3.37. The molecule has 0 atom stereocenters. The summed E-state index contributed by atoms with van der Waals surface area (Å²) in [5, 5.41) is 3.04. The molecule has 0 spiro atoms. The van der Waals surface area contributed by atoms with E-state index >= 15 is 0 Å². The zero-order valence-corrected chi connectivity index (χ0v) is 13.9. The molecule has 1 aliphatic rings. The Hall–Kier alpha value is -1.23. The van der Waals surface area contributed by atoms with Gasteiger partial charge in [-0.3, -0.25) is 4.79 Å². The molecule has 116 valence electrons. The molecule has 1 amide bonds. The standard InChI is InChI=1S/C16H25N3OS/c1-16(2,3)13-8-12(9-14(17)19-13)15(20)18-10-11-4-6-21-7-5-11/h8-9,11H,4-7,10H2,1-3H3,(H2,17,19)(H,18,20). The Morgan fingerprint density at radius 1 is 1.38 bits per heavy atom. The Balaban J connectivity index is 2.03. The second kappa shape index (κ2) is 6.69. The van der Waals surface area contributed by atoms with Gasteiger partial charge in [0.05, 0.1) is 0 Å². The van der Waals surface area contributed by atoms with Crippen molar-refractivity contribution in [1.29, 1.82) is 0 Å². The molecule has 1 aromatic rings. The number of nitrogens with two attached hydrogens (primary N) is 1. The van der Waals surface area contributed by atoms with Gasteiger partial charge in [0.2, 0.25) is 0 Å². The van der Waals surface area contributed by atoms with Crippen molar-refractivity contribution in [2.24, 2.45) is 5.92 Å². The van der Waals surface area contributed by atoms with Crippen molar-refractivity contribution < 1.29 is 4.79 Å². The van der Waals surface area contributed by atoms with Crippen molar-refractivity contribution in [2.45, 2.75) is 39.0 Å².